The van der Waals surface area contributed by atoms with Crippen LogP contribution in [-0.4, -0.2) is 13.0 Å². The standard InChI is InChI=1S/C24H17BrCl2N2O3/c1-31-22-11-15(9-17(13-28)24(30)29-19-7-4-6-18(25)12-19)10-21(27)23(22)32-14-16-5-2-3-8-20(16)26/h2-12H,14H2,1H3,(H,29,30)/b17-9-. The molecule has 0 unspecified atom stereocenters. The molecule has 0 aromatic heterocycles. The fourth-order valence-electron chi connectivity index (χ4n) is 2.81. The van der Waals surface area contributed by atoms with Gasteiger partial charge in [0.05, 0.1) is 12.1 Å². The van der Waals surface area contributed by atoms with Crippen LogP contribution in [0, 0.1) is 11.3 Å². The first kappa shape index (κ1) is 23.7. The quantitative estimate of drug-likeness (QED) is 0.266. The van der Waals surface area contributed by atoms with E-state index in [9.17, 15) is 10.1 Å². The van der Waals surface area contributed by atoms with Gasteiger partial charge >= 0.3 is 0 Å². The SMILES string of the molecule is COc1cc(/C=C(/C#N)C(=O)Nc2cccc(Br)c2)cc(Cl)c1OCc1ccccc1Cl. The van der Waals surface area contributed by atoms with Gasteiger partial charge in [-0.1, -0.05) is 63.4 Å². The van der Waals surface area contributed by atoms with Crippen LogP contribution in [0.5, 0.6) is 11.5 Å². The summed E-state index contributed by atoms with van der Waals surface area (Å²) >= 11 is 15.9. The van der Waals surface area contributed by atoms with E-state index < -0.39 is 5.91 Å². The fourth-order valence-corrected chi connectivity index (χ4v) is 3.67. The molecule has 1 amide bonds. The van der Waals surface area contributed by atoms with E-state index in [1.807, 2.05) is 30.3 Å². The second-order valence-electron chi connectivity index (χ2n) is 6.55. The summed E-state index contributed by atoms with van der Waals surface area (Å²) in [7, 11) is 1.48. The lowest BCUT2D eigenvalue weighted by Gasteiger charge is -2.14. The average Bonchev–Trinajstić information content (AvgIpc) is 2.77. The summed E-state index contributed by atoms with van der Waals surface area (Å²) < 4.78 is 12.1. The molecule has 0 saturated heterocycles. The van der Waals surface area contributed by atoms with E-state index in [0.717, 1.165) is 10.0 Å². The third-order valence-electron chi connectivity index (χ3n) is 4.34. The highest BCUT2D eigenvalue weighted by molar-refractivity contribution is 9.10. The zero-order chi connectivity index (χ0) is 23.1. The van der Waals surface area contributed by atoms with Gasteiger partial charge in [-0.25, -0.2) is 0 Å². The van der Waals surface area contributed by atoms with Gasteiger partial charge in [-0.2, -0.15) is 5.26 Å². The molecule has 0 bridgehead atoms. The Labute approximate surface area is 204 Å². The fraction of sp³-hybridized carbons (Fsp3) is 0.0833. The van der Waals surface area contributed by atoms with Crippen LogP contribution in [0.3, 0.4) is 0 Å². The number of carbonyl (C=O) groups excluding carboxylic acids is 1. The van der Waals surface area contributed by atoms with Crippen molar-refractivity contribution >= 4 is 56.8 Å². The lowest BCUT2D eigenvalue weighted by atomic mass is 10.1. The normalized spacial score (nSPS) is 10.9. The molecule has 5 nitrogen and oxygen atoms in total. The van der Waals surface area contributed by atoms with Crippen LogP contribution >= 0.6 is 39.1 Å². The summed E-state index contributed by atoms with van der Waals surface area (Å²) in [6.45, 7) is 0.198. The maximum Gasteiger partial charge on any atom is 0.266 e. The van der Waals surface area contributed by atoms with Gasteiger partial charge in [0, 0.05) is 20.7 Å². The summed E-state index contributed by atoms with van der Waals surface area (Å²) in [5, 5.41) is 13.0. The van der Waals surface area contributed by atoms with Crippen LogP contribution < -0.4 is 14.8 Å². The van der Waals surface area contributed by atoms with E-state index in [1.165, 1.54) is 13.2 Å². The molecule has 3 aromatic rings. The van der Waals surface area contributed by atoms with Crippen LogP contribution in [0.1, 0.15) is 11.1 Å². The van der Waals surface area contributed by atoms with Gasteiger partial charge in [-0.15, -0.1) is 0 Å². The second kappa shape index (κ2) is 11.1. The minimum atomic E-state index is -0.542. The van der Waals surface area contributed by atoms with E-state index in [-0.39, 0.29) is 17.2 Å². The van der Waals surface area contributed by atoms with Gasteiger partial charge in [0.2, 0.25) is 0 Å². The molecule has 0 fully saturated rings. The zero-order valence-corrected chi connectivity index (χ0v) is 20.0. The number of rotatable bonds is 7. The monoisotopic (exact) mass is 530 g/mol. The number of nitrogens with zero attached hydrogens (tertiary/aromatic N) is 1. The van der Waals surface area contributed by atoms with Crippen molar-refractivity contribution < 1.29 is 14.3 Å². The number of carbonyl (C=O) groups is 1. The van der Waals surface area contributed by atoms with Crippen molar-refractivity contribution in [1.29, 1.82) is 5.26 Å². The molecule has 0 saturated carbocycles. The molecule has 0 atom stereocenters. The van der Waals surface area contributed by atoms with E-state index in [4.69, 9.17) is 32.7 Å². The summed E-state index contributed by atoms with van der Waals surface area (Å²) in [6.07, 6.45) is 1.43. The van der Waals surface area contributed by atoms with Crippen molar-refractivity contribution in [3.63, 3.8) is 0 Å². The first-order valence-corrected chi connectivity index (χ1v) is 10.9. The Kier molecular flexibility index (Phi) is 8.18. The van der Waals surface area contributed by atoms with Gasteiger partial charge < -0.3 is 14.8 Å². The maximum absolute atomic E-state index is 12.5. The molecule has 0 aliphatic carbocycles. The Morgan fingerprint density at radius 3 is 2.59 bits per heavy atom. The number of hydrogen-bond donors (Lipinski definition) is 1. The third-order valence-corrected chi connectivity index (χ3v) is 5.48. The van der Waals surface area contributed by atoms with Crippen molar-refractivity contribution in [2.75, 3.05) is 12.4 Å². The molecule has 0 aliphatic rings. The highest BCUT2D eigenvalue weighted by Crippen LogP contribution is 2.38. The Morgan fingerprint density at radius 2 is 1.91 bits per heavy atom. The predicted molar refractivity (Wildman–Crippen MR) is 130 cm³/mol. The lowest BCUT2D eigenvalue weighted by Crippen LogP contribution is -2.13. The number of amides is 1. The van der Waals surface area contributed by atoms with Crippen molar-refractivity contribution in [3.8, 4) is 17.6 Å². The van der Waals surface area contributed by atoms with E-state index in [0.29, 0.717) is 27.8 Å². The Hall–Kier alpha value is -2.98. The summed E-state index contributed by atoms with van der Waals surface area (Å²) in [5.74, 6) is 0.156. The van der Waals surface area contributed by atoms with Crippen LogP contribution in [0.2, 0.25) is 10.0 Å². The highest BCUT2D eigenvalue weighted by Gasteiger charge is 2.15. The average molecular weight is 532 g/mol. The van der Waals surface area contributed by atoms with E-state index >= 15 is 0 Å². The number of anilines is 1. The molecule has 0 radical (unpaired) electrons. The van der Waals surface area contributed by atoms with Gasteiger partial charge in [-0.3, -0.25) is 4.79 Å². The molecular formula is C24H17BrCl2N2O3. The molecule has 0 heterocycles. The summed E-state index contributed by atoms with van der Waals surface area (Å²) in [5.41, 5.74) is 1.78. The number of methoxy groups -OCH3 is 1. The van der Waals surface area contributed by atoms with Gasteiger partial charge in [0.1, 0.15) is 18.2 Å². The molecular weight excluding hydrogens is 515 g/mol. The number of nitriles is 1. The Bertz CT molecular complexity index is 1220. The molecule has 0 spiro atoms. The first-order chi connectivity index (χ1) is 15.4. The molecule has 162 valence electrons. The second-order valence-corrected chi connectivity index (χ2v) is 8.28. The molecule has 0 aliphatic heterocycles. The van der Waals surface area contributed by atoms with Crippen molar-refractivity contribution in [2.45, 2.75) is 6.61 Å². The van der Waals surface area contributed by atoms with Gasteiger partial charge in [-0.05, 0) is 48.0 Å². The number of halogens is 3. The lowest BCUT2D eigenvalue weighted by molar-refractivity contribution is -0.112. The minimum Gasteiger partial charge on any atom is -0.493 e. The molecule has 3 rings (SSSR count). The Morgan fingerprint density at radius 1 is 1.12 bits per heavy atom. The minimum absolute atomic E-state index is 0.0900. The smallest absolute Gasteiger partial charge is 0.266 e. The van der Waals surface area contributed by atoms with Crippen LogP contribution in [0.25, 0.3) is 6.08 Å². The molecule has 32 heavy (non-hydrogen) atoms. The topological polar surface area (TPSA) is 71.3 Å². The van der Waals surface area contributed by atoms with Crippen LogP contribution in [-0.2, 0) is 11.4 Å². The molecule has 3 aromatic carbocycles. The molecule has 1 N–H and O–H groups in total. The Balaban J connectivity index is 1.83. The van der Waals surface area contributed by atoms with Crippen molar-refractivity contribution in [1.82, 2.24) is 0 Å². The summed E-state index contributed by atoms with van der Waals surface area (Å²) in [6, 6.07) is 19.5. The third kappa shape index (κ3) is 6.04. The number of hydrogen-bond acceptors (Lipinski definition) is 4. The highest BCUT2D eigenvalue weighted by atomic mass is 79.9. The predicted octanol–water partition coefficient (Wildman–Crippen LogP) is 6.89. The van der Waals surface area contributed by atoms with Crippen LogP contribution in [0.4, 0.5) is 5.69 Å². The van der Waals surface area contributed by atoms with Crippen molar-refractivity contribution in [2.24, 2.45) is 0 Å². The van der Waals surface area contributed by atoms with Crippen molar-refractivity contribution in [3.05, 3.63) is 91.9 Å². The van der Waals surface area contributed by atoms with Crippen LogP contribution in [0.15, 0.2) is 70.7 Å². The van der Waals surface area contributed by atoms with Gasteiger partial charge in [0.15, 0.2) is 11.5 Å². The largest absolute Gasteiger partial charge is 0.493 e. The van der Waals surface area contributed by atoms with E-state index in [2.05, 4.69) is 21.2 Å². The van der Waals surface area contributed by atoms with E-state index in [1.54, 1.807) is 36.4 Å². The maximum atomic E-state index is 12.5. The number of ether oxygens (including phenoxy) is 2. The number of nitrogens with one attached hydrogen (secondary N) is 1. The summed E-state index contributed by atoms with van der Waals surface area (Å²) in [4.78, 5) is 12.5. The molecule has 8 heteroatoms. The zero-order valence-electron chi connectivity index (χ0n) is 16.9. The number of benzene rings is 3. The first-order valence-electron chi connectivity index (χ1n) is 9.33. The van der Waals surface area contributed by atoms with Gasteiger partial charge in [0.25, 0.3) is 5.91 Å².